The van der Waals surface area contributed by atoms with Crippen molar-refractivity contribution < 1.29 is 8.83 Å². The van der Waals surface area contributed by atoms with Crippen molar-refractivity contribution in [3.8, 4) is 11.1 Å². The molecule has 3 aromatic heterocycles. The molecule has 0 saturated carbocycles. The number of fused-ring (bicyclic) bond motifs is 11. The van der Waals surface area contributed by atoms with Crippen LogP contribution in [0.1, 0.15) is 18.4 Å². The minimum Gasteiger partial charge on any atom is -0.456 e. The Morgan fingerprint density at radius 3 is 1.98 bits per heavy atom. The summed E-state index contributed by atoms with van der Waals surface area (Å²) in [5.74, 6) is 0. The molecule has 1 aliphatic rings. The number of furan rings is 2. The second-order valence-corrected chi connectivity index (χ2v) is 15.8. The summed E-state index contributed by atoms with van der Waals surface area (Å²) in [5.41, 5.74) is 11.9. The molecule has 56 heavy (non-hydrogen) atoms. The van der Waals surface area contributed by atoms with Crippen LogP contribution in [0.15, 0.2) is 179 Å². The van der Waals surface area contributed by atoms with E-state index in [1.165, 1.54) is 58.4 Å². The highest BCUT2D eigenvalue weighted by molar-refractivity contribution is 7.25. The van der Waals surface area contributed by atoms with Crippen molar-refractivity contribution in [1.82, 2.24) is 0 Å². The SMILES string of the molecule is C1=c2oc3ccccc3c2=C(c2cc3oc4ccc(N(c5ccc(-c6ccccc6)cc5)c5ccc6c(c5)sc5ccccc56)cc4c3c3ccccc23)CC1. The summed E-state index contributed by atoms with van der Waals surface area (Å²) in [6, 6.07) is 61.2. The first-order valence-electron chi connectivity index (χ1n) is 19.2. The van der Waals surface area contributed by atoms with E-state index >= 15 is 0 Å². The lowest BCUT2D eigenvalue weighted by atomic mass is 9.89. The van der Waals surface area contributed by atoms with E-state index in [0.29, 0.717) is 0 Å². The molecule has 0 amide bonds. The second kappa shape index (κ2) is 12.3. The van der Waals surface area contributed by atoms with Gasteiger partial charge in [0, 0.05) is 58.6 Å². The van der Waals surface area contributed by atoms with E-state index in [0.717, 1.165) is 68.2 Å². The van der Waals surface area contributed by atoms with Crippen LogP contribution in [0.3, 0.4) is 0 Å². The quantitative estimate of drug-likeness (QED) is 0.176. The van der Waals surface area contributed by atoms with Crippen LogP contribution in [0.5, 0.6) is 0 Å². The number of hydrogen-bond donors (Lipinski definition) is 0. The van der Waals surface area contributed by atoms with E-state index in [1.807, 2.05) is 17.4 Å². The Morgan fingerprint density at radius 1 is 0.446 bits per heavy atom. The lowest BCUT2D eigenvalue weighted by Gasteiger charge is -2.26. The number of rotatable bonds is 5. The third kappa shape index (κ3) is 4.83. The van der Waals surface area contributed by atoms with E-state index < -0.39 is 0 Å². The van der Waals surface area contributed by atoms with Gasteiger partial charge >= 0.3 is 0 Å². The Kier molecular flexibility index (Phi) is 6.92. The molecular formula is C52H33NO2S. The van der Waals surface area contributed by atoms with Crippen LogP contribution in [-0.4, -0.2) is 0 Å². The van der Waals surface area contributed by atoms with E-state index in [1.54, 1.807) is 0 Å². The van der Waals surface area contributed by atoms with Gasteiger partial charge in [0.15, 0.2) is 0 Å². The Morgan fingerprint density at radius 2 is 1.11 bits per heavy atom. The molecule has 0 radical (unpaired) electrons. The zero-order valence-corrected chi connectivity index (χ0v) is 31.1. The number of hydrogen-bond acceptors (Lipinski definition) is 4. The van der Waals surface area contributed by atoms with Crippen molar-refractivity contribution in [2.45, 2.75) is 12.8 Å². The molecule has 0 bridgehead atoms. The molecule has 11 aromatic rings. The fraction of sp³-hybridized carbons (Fsp3) is 0.0385. The molecule has 0 atom stereocenters. The zero-order chi connectivity index (χ0) is 36.7. The van der Waals surface area contributed by atoms with Gasteiger partial charge in [-0.05, 0) is 113 Å². The first kappa shape index (κ1) is 31.5. The molecule has 0 fully saturated rings. The lowest BCUT2D eigenvalue weighted by Crippen LogP contribution is -2.26. The van der Waals surface area contributed by atoms with Crippen molar-refractivity contribution in [1.29, 1.82) is 0 Å². The first-order valence-corrected chi connectivity index (χ1v) is 20.0. The molecule has 4 heteroatoms. The fourth-order valence-corrected chi connectivity index (χ4v) is 10.2. The first-order chi connectivity index (χ1) is 27.7. The normalized spacial score (nSPS) is 13.0. The van der Waals surface area contributed by atoms with Crippen molar-refractivity contribution in [3.63, 3.8) is 0 Å². The topological polar surface area (TPSA) is 29.5 Å². The summed E-state index contributed by atoms with van der Waals surface area (Å²) in [6.07, 6.45) is 4.12. The van der Waals surface area contributed by atoms with E-state index in [2.05, 4.69) is 175 Å². The maximum atomic E-state index is 6.79. The number of para-hydroxylation sites is 1. The predicted octanol–water partition coefficient (Wildman–Crippen LogP) is 13.8. The smallest absolute Gasteiger partial charge is 0.136 e. The molecule has 0 aliphatic heterocycles. The van der Waals surface area contributed by atoms with Gasteiger partial charge in [0.05, 0.1) is 0 Å². The molecule has 0 unspecified atom stereocenters. The van der Waals surface area contributed by atoms with Crippen molar-refractivity contribution in [2.24, 2.45) is 0 Å². The second-order valence-electron chi connectivity index (χ2n) is 14.7. The predicted molar refractivity (Wildman–Crippen MR) is 236 cm³/mol. The van der Waals surface area contributed by atoms with E-state index in [-0.39, 0.29) is 0 Å². The molecule has 0 spiro atoms. The van der Waals surface area contributed by atoms with Crippen LogP contribution in [0, 0.1) is 0 Å². The Labute approximate surface area is 326 Å². The van der Waals surface area contributed by atoms with Gasteiger partial charge in [-0.3, -0.25) is 0 Å². The highest BCUT2D eigenvalue weighted by Crippen LogP contribution is 2.44. The van der Waals surface area contributed by atoms with Gasteiger partial charge in [0.2, 0.25) is 0 Å². The maximum Gasteiger partial charge on any atom is 0.136 e. The third-order valence-corrected chi connectivity index (χ3v) is 12.7. The summed E-state index contributed by atoms with van der Waals surface area (Å²) in [4.78, 5) is 2.38. The molecule has 8 aromatic carbocycles. The average molecular weight is 736 g/mol. The average Bonchev–Trinajstić information content (AvgIpc) is 3.95. The Hall–Kier alpha value is -6.88. The molecule has 3 nitrogen and oxygen atoms in total. The Bertz CT molecular complexity index is 3480. The van der Waals surface area contributed by atoms with Crippen molar-refractivity contribution >= 4 is 104 Å². The summed E-state index contributed by atoms with van der Waals surface area (Å²) in [5, 5.41) is 9.62. The summed E-state index contributed by atoms with van der Waals surface area (Å²) < 4.78 is 15.7. The van der Waals surface area contributed by atoms with Gasteiger partial charge < -0.3 is 13.7 Å². The molecule has 264 valence electrons. The minimum atomic E-state index is 0.877. The van der Waals surface area contributed by atoms with Crippen molar-refractivity contribution in [3.05, 3.63) is 186 Å². The van der Waals surface area contributed by atoms with Crippen LogP contribution in [0.25, 0.3) is 86.6 Å². The van der Waals surface area contributed by atoms with Crippen LogP contribution in [0.2, 0.25) is 0 Å². The van der Waals surface area contributed by atoms with Crippen LogP contribution in [-0.2, 0) is 0 Å². The lowest BCUT2D eigenvalue weighted by molar-refractivity contribution is 0.571. The molecule has 12 rings (SSSR count). The van der Waals surface area contributed by atoms with Crippen molar-refractivity contribution in [2.75, 3.05) is 4.90 Å². The number of thiophene rings is 1. The van der Waals surface area contributed by atoms with Crippen LogP contribution < -0.4 is 15.5 Å². The molecule has 0 saturated heterocycles. The zero-order valence-electron chi connectivity index (χ0n) is 30.3. The highest BCUT2D eigenvalue weighted by atomic mass is 32.1. The monoisotopic (exact) mass is 735 g/mol. The third-order valence-electron chi connectivity index (χ3n) is 11.5. The Balaban J connectivity index is 1.07. The van der Waals surface area contributed by atoms with Gasteiger partial charge in [-0.15, -0.1) is 11.3 Å². The van der Waals surface area contributed by atoms with Gasteiger partial charge in [-0.2, -0.15) is 0 Å². The van der Waals surface area contributed by atoms with Crippen LogP contribution >= 0.6 is 11.3 Å². The largest absolute Gasteiger partial charge is 0.456 e. The van der Waals surface area contributed by atoms with Crippen LogP contribution in [0.4, 0.5) is 17.1 Å². The molecule has 3 heterocycles. The summed E-state index contributed by atoms with van der Waals surface area (Å²) in [7, 11) is 0. The number of anilines is 3. The van der Waals surface area contributed by atoms with E-state index in [9.17, 15) is 0 Å². The van der Waals surface area contributed by atoms with Gasteiger partial charge in [-0.1, -0.05) is 109 Å². The minimum absolute atomic E-state index is 0.877. The maximum absolute atomic E-state index is 6.79. The number of benzene rings is 8. The van der Waals surface area contributed by atoms with Gasteiger partial charge in [0.1, 0.15) is 22.2 Å². The summed E-state index contributed by atoms with van der Waals surface area (Å²) >= 11 is 1.85. The number of nitrogens with zero attached hydrogens (tertiary/aromatic N) is 1. The van der Waals surface area contributed by atoms with Gasteiger partial charge in [0.25, 0.3) is 0 Å². The fourth-order valence-electron chi connectivity index (χ4n) is 9.01. The van der Waals surface area contributed by atoms with Gasteiger partial charge in [-0.25, -0.2) is 0 Å². The standard InChI is InChI=1S/C52H33NO2S/c1-2-11-32(12-3-1)33-21-23-34(24-22-33)53(36-25-27-39-38-14-7-9-20-49(38)56-50(39)30-36)35-26-28-46-44(29-35)52-40-15-5-4-13-37(40)43(31-48(52)55-46)41-17-10-19-47-51(41)42-16-6-8-18-45(42)54-47/h1-9,11-16,18-31H,10,17H2. The molecule has 0 N–H and O–H groups in total. The molecule has 1 aliphatic carbocycles. The van der Waals surface area contributed by atoms with E-state index in [4.69, 9.17) is 8.83 Å². The highest BCUT2D eigenvalue weighted by Gasteiger charge is 2.22. The summed E-state index contributed by atoms with van der Waals surface area (Å²) in [6.45, 7) is 0. The molecular weight excluding hydrogens is 703 g/mol.